The normalized spacial score (nSPS) is 19.6. The Hall–Kier alpha value is -1.56. The van der Waals surface area contributed by atoms with Crippen molar-refractivity contribution in [1.29, 1.82) is 0 Å². The SMILES string of the molecule is COC(=O)C(N)=C(N)C=NC1CCOCC1. The first-order valence-corrected chi connectivity index (χ1v) is 5.09. The lowest BCUT2D eigenvalue weighted by molar-refractivity contribution is -0.136. The minimum atomic E-state index is -0.643. The zero-order valence-electron chi connectivity index (χ0n) is 9.31. The van der Waals surface area contributed by atoms with Gasteiger partial charge in [-0.2, -0.15) is 0 Å². The van der Waals surface area contributed by atoms with Crippen LogP contribution in [0, 0.1) is 0 Å². The summed E-state index contributed by atoms with van der Waals surface area (Å²) >= 11 is 0. The summed E-state index contributed by atoms with van der Waals surface area (Å²) in [6.45, 7) is 1.41. The summed E-state index contributed by atoms with van der Waals surface area (Å²) in [4.78, 5) is 15.3. The monoisotopic (exact) mass is 227 g/mol. The molecular weight excluding hydrogens is 210 g/mol. The number of nitrogens with zero attached hydrogens (tertiary/aromatic N) is 1. The van der Waals surface area contributed by atoms with Crippen LogP contribution >= 0.6 is 0 Å². The van der Waals surface area contributed by atoms with Gasteiger partial charge in [-0.05, 0) is 12.8 Å². The standard InChI is InChI=1S/C10H17N3O3/c1-15-10(14)9(12)8(11)6-13-7-2-4-16-5-3-7/h6-7H,2-5,11-12H2,1H3. The third kappa shape index (κ3) is 3.54. The number of esters is 1. The molecule has 0 aromatic heterocycles. The Morgan fingerprint density at radius 3 is 2.62 bits per heavy atom. The van der Waals surface area contributed by atoms with Gasteiger partial charge in [-0.25, -0.2) is 4.79 Å². The van der Waals surface area contributed by atoms with Gasteiger partial charge in [0.1, 0.15) is 5.70 Å². The zero-order valence-corrected chi connectivity index (χ0v) is 9.31. The Morgan fingerprint density at radius 2 is 2.06 bits per heavy atom. The second kappa shape index (κ2) is 6.12. The third-order valence-electron chi connectivity index (χ3n) is 2.33. The van der Waals surface area contributed by atoms with Gasteiger partial charge in [0.15, 0.2) is 0 Å². The van der Waals surface area contributed by atoms with Crippen LogP contribution in [-0.4, -0.2) is 38.5 Å². The molecule has 0 amide bonds. The average molecular weight is 227 g/mol. The smallest absolute Gasteiger partial charge is 0.356 e. The molecule has 0 radical (unpaired) electrons. The molecule has 1 saturated heterocycles. The molecule has 90 valence electrons. The molecule has 1 fully saturated rings. The van der Waals surface area contributed by atoms with Crippen molar-refractivity contribution >= 4 is 12.2 Å². The molecule has 0 atom stereocenters. The van der Waals surface area contributed by atoms with Gasteiger partial charge in [0.05, 0.1) is 18.8 Å². The van der Waals surface area contributed by atoms with Crippen LogP contribution in [0.2, 0.25) is 0 Å². The summed E-state index contributed by atoms with van der Waals surface area (Å²) in [6.07, 6.45) is 3.14. The number of carbonyl (C=O) groups is 1. The Bertz CT molecular complexity index is 306. The number of hydrogen-bond acceptors (Lipinski definition) is 6. The number of carbonyl (C=O) groups excluding carboxylic acids is 1. The molecule has 0 unspecified atom stereocenters. The fourth-order valence-electron chi connectivity index (χ4n) is 1.32. The molecule has 0 spiro atoms. The topological polar surface area (TPSA) is 99.9 Å². The maximum absolute atomic E-state index is 11.0. The summed E-state index contributed by atoms with van der Waals surface area (Å²) in [5.41, 5.74) is 11.1. The van der Waals surface area contributed by atoms with Gasteiger partial charge < -0.3 is 20.9 Å². The quantitative estimate of drug-likeness (QED) is 0.386. The molecule has 1 aliphatic heterocycles. The van der Waals surface area contributed by atoms with E-state index in [4.69, 9.17) is 16.2 Å². The van der Waals surface area contributed by atoms with E-state index in [2.05, 4.69) is 9.73 Å². The molecule has 0 bridgehead atoms. The molecule has 0 aliphatic carbocycles. The van der Waals surface area contributed by atoms with Crippen molar-refractivity contribution in [3.8, 4) is 0 Å². The summed E-state index contributed by atoms with van der Waals surface area (Å²) in [6, 6.07) is 0.192. The predicted molar refractivity (Wildman–Crippen MR) is 59.7 cm³/mol. The minimum Gasteiger partial charge on any atom is -0.464 e. The number of allylic oxidation sites excluding steroid dienone is 1. The number of hydrogen-bond donors (Lipinski definition) is 2. The van der Waals surface area contributed by atoms with Crippen molar-refractivity contribution in [2.24, 2.45) is 16.5 Å². The van der Waals surface area contributed by atoms with E-state index >= 15 is 0 Å². The van der Waals surface area contributed by atoms with E-state index in [-0.39, 0.29) is 17.4 Å². The van der Waals surface area contributed by atoms with E-state index < -0.39 is 5.97 Å². The summed E-state index contributed by atoms with van der Waals surface area (Å²) in [5, 5.41) is 0. The first kappa shape index (κ1) is 12.5. The molecule has 1 heterocycles. The Labute approximate surface area is 94.3 Å². The first-order chi connectivity index (χ1) is 7.65. The zero-order chi connectivity index (χ0) is 12.0. The highest BCUT2D eigenvalue weighted by atomic mass is 16.5. The predicted octanol–water partition coefficient (Wildman–Crippen LogP) is -0.462. The van der Waals surface area contributed by atoms with E-state index in [0.717, 1.165) is 12.8 Å². The lowest BCUT2D eigenvalue weighted by Crippen LogP contribution is -2.22. The number of nitrogens with two attached hydrogens (primary N) is 2. The van der Waals surface area contributed by atoms with Gasteiger partial charge in [0.25, 0.3) is 0 Å². The molecule has 1 rings (SSSR count). The Kier molecular flexibility index (Phi) is 4.78. The van der Waals surface area contributed by atoms with Crippen molar-refractivity contribution in [1.82, 2.24) is 0 Å². The number of aliphatic imine (C=N–C) groups is 1. The molecule has 0 saturated carbocycles. The fraction of sp³-hybridized carbons (Fsp3) is 0.600. The summed E-state index contributed by atoms with van der Waals surface area (Å²) < 4.78 is 9.64. The number of ether oxygens (including phenoxy) is 2. The number of methoxy groups -OCH3 is 1. The highest BCUT2D eigenvalue weighted by molar-refractivity contribution is 5.95. The molecular formula is C10H17N3O3. The highest BCUT2D eigenvalue weighted by Crippen LogP contribution is 2.09. The van der Waals surface area contributed by atoms with Crippen LogP contribution in [0.1, 0.15) is 12.8 Å². The van der Waals surface area contributed by atoms with Crippen molar-refractivity contribution < 1.29 is 14.3 Å². The highest BCUT2D eigenvalue weighted by Gasteiger charge is 2.12. The fourth-order valence-corrected chi connectivity index (χ4v) is 1.32. The molecule has 1 aliphatic rings. The van der Waals surface area contributed by atoms with Crippen LogP contribution < -0.4 is 11.5 Å². The van der Waals surface area contributed by atoms with Crippen molar-refractivity contribution in [2.75, 3.05) is 20.3 Å². The first-order valence-electron chi connectivity index (χ1n) is 5.09. The van der Waals surface area contributed by atoms with Gasteiger partial charge in [-0.15, -0.1) is 0 Å². The van der Waals surface area contributed by atoms with Crippen LogP contribution in [0.4, 0.5) is 0 Å². The lowest BCUT2D eigenvalue weighted by Gasteiger charge is -2.17. The lowest BCUT2D eigenvalue weighted by atomic mass is 10.1. The van der Waals surface area contributed by atoms with E-state index in [1.54, 1.807) is 0 Å². The van der Waals surface area contributed by atoms with Gasteiger partial charge in [-0.1, -0.05) is 0 Å². The van der Waals surface area contributed by atoms with Gasteiger partial charge in [0.2, 0.25) is 0 Å². The maximum Gasteiger partial charge on any atom is 0.356 e. The van der Waals surface area contributed by atoms with Crippen LogP contribution in [0.25, 0.3) is 0 Å². The maximum atomic E-state index is 11.0. The molecule has 0 aromatic carbocycles. The van der Waals surface area contributed by atoms with Crippen LogP contribution in [0.15, 0.2) is 16.4 Å². The number of rotatable bonds is 3. The van der Waals surface area contributed by atoms with Crippen molar-refractivity contribution in [3.05, 3.63) is 11.4 Å². The van der Waals surface area contributed by atoms with E-state index in [9.17, 15) is 4.79 Å². The molecule has 4 N–H and O–H groups in total. The average Bonchev–Trinajstić information content (AvgIpc) is 2.35. The molecule has 16 heavy (non-hydrogen) atoms. The van der Waals surface area contributed by atoms with E-state index in [1.165, 1.54) is 13.3 Å². The van der Waals surface area contributed by atoms with Crippen LogP contribution in [-0.2, 0) is 14.3 Å². The molecule has 0 aromatic rings. The summed E-state index contributed by atoms with van der Waals surface area (Å²) in [5.74, 6) is -0.643. The molecule has 6 nitrogen and oxygen atoms in total. The summed E-state index contributed by atoms with van der Waals surface area (Å²) in [7, 11) is 1.25. The Morgan fingerprint density at radius 1 is 1.44 bits per heavy atom. The second-order valence-corrected chi connectivity index (χ2v) is 3.48. The van der Waals surface area contributed by atoms with Crippen LogP contribution in [0.5, 0.6) is 0 Å². The van der Waals surface area contributed by atoms with Crippen molar-refractivity contribution in [2.45, 2.75) is 18.9 Å². The molecule has 6 heteroatoms. The van der Waals surface area contributed by atoms with Crippen LogP contribution in [0.3, 0.4) is 0 Å². The van der Waals surface area contributed by atoms with E-state index in [1.807, 2.05) is 0 Å². The largest absolute Gasteiger partial charge is 0.464 e. The third-order valence-corrected chi connectivity index (χ3v) is 2.33. The second-order valence-electron chi connectivity index (χ2n) is 3.48. The van der Waals surface area contributed by atoms with Gasteiger partial charge >= 0.3 is 5.97 Å². The van der Waals surface area contributed by atoms with Crippen molar-refractivity contribution in [3.63, 3.8) is 0 Å². The Balaban J connectivity index is 2.57. The van der Waals surface area contributed by atoms with E-state index in [0.29, 0.717) is 13.2 Å². The van der Waals surface area contributed by atoms with Gasteiger partial charge in [-0.3, -0.25) is 4.99 Å². The minimum absolute atomic E-state index is 0.113. The van der Waals surface area contributed by atoms with Gasteiger partial charge in [0, 0.05) is 19.4 Å².